The van der Waals surface area contributed by atoms with Crippen LogP contribution in [0.2, 0.25) is 0 Å². The Bertz CT molecular complexity index is 1430. The molecule has 7 nitrogen and oxygen atoms in total. The molecule has 1 aliphatic rings. The first kappa shape index (κ1) is 21.8. The van der Waals surface area contributed by atoms with Gasteiger partial charge in [0.1, 0.15) is 23.5 Å². The third kappa shape index (κ3) is 4.03. The summed E-state index contributed by atoms with van der Waals surface area (Å²) in [5.41, 5.74) is 3.74. The molecule has 4 aromatic rings. The Labute approximate surface area is 198 Å². The predicted octanol–water partition coefficient (Wildman–Crippen LogP) is 4.25. The Morgan fingerprint density at radius 1 is 1.03 bits per heavy atom. The van der Waals surface area contributed by atoms with E-state index < -0.39 is 0 Å². The van der Waals surface area contributed by atoms with Gasteiger partial charge in [-0.05, 0) is 36.6 Å². The summed E-state index contributed by atoms with van der Waals surface area (Å²) in [5, 5.41) is 15.0. The highest BCUT2D eigenvalue weighted by atomic mass is 16.5. The van der Waals surface area contributed by atoms with E-state index in [-0.39, 0.29) is 17.2 Å². The summed E-state index contributed by atoms with van der Waals surface area (Å²) in [6, 6.07) is 18.1. The molecule has 5 rings (SSSR count). The van der Waals surface area contributed by atoms with Gasteiger partial charge in [-0.15, -0.1) is 0 Å². The lowest BCUT2D eigenvalue weighted by Crippen LogP contribution is -2.30. The lowest BCUT2D eigenvalue weighted by Gasteiger charge is -2.26. The van der Waals surface area contributed by atoms with Crippen LogP contribution in [-0.4, -0.2) is 33.5 Å². The van der Waals surface area contributed by atoms with Crippen LogP contribution in [-0.2, 0) is 14.1 Å². The Morgan fingerprint density at radius 2 is 1.82 bits per heavy atom. The first-order valence-electron chi connectivity index (χ1n) is 11.6. The van der Waals surface area contributed by atoms with Gasteiger partial charge in [0.25, 0.3) is 5.56 Å². The van der Waals surface area contributed by atoms with Gasteiger partial charge in [0, 0.05) is 50.8 Å². The quantitative estimate of drug-likeness (QED) is 0.462. The van der Waals surface area contributed by atoms with Crippen molar-refractivity contribution < 1.29 is 4.74 Å². The molecule has 0 unspecified atom stereocenters. The zero-order chi connectivity index (χ0) is 23.7. The van der Waals surface area contributed by atoms with Crippen molar-refractivity contribution >= 4 is 16.6 Å². The van der Waals surface area contributed by atoms with E-state index in [4.69, 9.17) is 4.74 Å². The molecule has 7 heteroatoms. The summed E-state index contributed by atoms with van der Waals surface area (Å²) in [4.78, 5) is 15.1. The molecule has 172 valence electrons. The summed E-state index contributed by atoms with van der Waals surface area (Å²) in [6.45, 7) is 1.51. The van der Waals surface area contributed by atoms with Crippen LogP contribution in [0.3, 0.4) is 0 Å². The Hall–Kier alpha value is -4.05. The number of pyridine rings is 1. The number of aromatic nitrogens is 3. The molecule has 0 bridgehead atoms. The van der Waals surface area contributed by atoms with Crippen LogP contribution in [0, 0.1) is 11.3 Å². The van der Waals surface area contributed by atoms with E-state index in [0.717, 1.165) is 65.8 Å². The highest BCUT2D eigenvalue weighted by molar-refractivity contribution is 5.94. The second-order valence-corrected chi connectivity index (χ2v) is 8.80. The second-order valence-electron chi connectivity index (χ2n) is 8.80. The van der Waals surface area contributed by atoms with E-state index >= 15 is 0 Å². The van der Waals surface area contributed by atoms with Gasteiger partial charge in [-0.25, -0.2) is 0 Å². The molecular formula is C27H27N5O2. The minimum Gasteiger partial charge on any atom is -0.490 e. The maximum atomic E-state index is 12.9. The number of benzene rings is 2. The topological polar surface area (TPSA) is 76.1 Å². The van der Waals surface area contributed by atoms with Crippen LogP contribution < -0.4 is 15.2 Å². The van der Waals surface area contributed by atoms with Gasteiger partial charge in [0.2, 0.25) is 0 Å². The van der Waals surface area contributed by atoms with Crippen molar-refractivity contribution in [2.45, 2.75) is 25.4 Å². The molecule has 34 heavy (non-hydrogen) atoms. The normalized spacial score (nSPS) is 16.3. The van der Waals surface area contributed by atoms with E-state index in [1.54, 1.807) is 16.3 Å². The van der Waals surface area contributed by atoms with Gasteiger partial charge >= 0.3 is 0 Å². The molecule has 1 aliphatic heterocycles. The zero-order valence-electron chi connectivity index (χ0n) is 19.4. The number of nitriles is 1. The maximum absolute atomic E-state index is 12.9. The van der Waals surface area contributed by atoms with Crippen LogP contribution in [0.4, 0.5) is 5.69 Å². The molecule has 1 atom stereocenters. The van der Waals surface area contributed by atoms with Gasteiger partial charge in [0.15, 0.2) is 0 Å². The van der Waals surface area contributed by atoms with Crippen molar-refractivity contribution in [3.05, 3.63) is 76.8 Å². The lowest BCUT2D eigenvalue weighted by molar-refractivity contribution is 0.188. The second kappa shape index (κ2) is 9.06. The van der Waals surface area contributed by atoms with Crippen LogP contribution in [0.1, 0.15) is 24.8 Å². The number of anilines is 1. The van der Waals surface area contributed by atoms with Crippen molar-refractivity contribution in [1.29, 1.82) is 5.26 Å². The van der Waals surface area contributed by atoms with Crippen LogP contribution in [0.5, 0.6) is 5.75 Å². The fourth-order valence-corrected chi connectivity index (χ4v) is 4.80. The summed E-state index contributed by atoms with van der Waals surface area (Å²) < 4.78 is 9.68. The number of rotatable bonds is 4. The third-order valence-corrected chi connectivity index (χ3v) is 6.57. The van der Waals surface area contributed by atoms with Crippen molar-refractivity contribution in [1.82, 2.24) is 14.3 Å². The van der Waals surface area contributed by atoms with Gasteiger partial charge in [-0.1, -0.05) is 30.3 Å². The van der Waals surface area contributed by atoms with E-state index in [9.17, 15) is 10.1 Å². The van der Waals surface area contributed by atoms with E-state index in [1.807, 2.05) is 55.8 Å². The SMILES string of the molecule is Cn1cc(-c2ccc(O[C@@H]3CCCN(c4c(C#N)c(=O)n(C)c5ccccc45)CC3)cc2)cn1. The Kier molecular flexibility index (Phi) is 5.81. The number of para-hydroxylation sites is 1. The maximum Gasteiger partial charge on any atom is 0.270 e. The molecule has 3 heterocycles. The number of aryl methyl sites for hydroxylation is 2. The Morgan fingerprint density at radius 3 is 2.56 bits per heavy atom. The fourth-order valence-electron chi connectivity index (χ4n) is 4.80. The lowest BCUT2D eigenvalue weighted by atomic mass is 10.1. The molecule has 0 saturated carbocycles. The third-order valence-electron chi connectivity index (χ3n) is 6.57. The molecule has 2 aromatic carbocycles. The molecule has 0 N–H and O–H groups in total. The number of hydrogen-bond donors (Lipinski definition) is 0. The fraction of sp³-hybridized carbons (Fsp3) is 0.296. The van der Waals surface area contributed by atoms with Gasteiger partial charge < -0.3 is 14.2 Å². The van der Waals surface area contributed by atoms with Crippen LogP contribution >= 0.6 is 0 Å². The molecule has 1 saturated heterocycles. The first-order valence-corrected chi connectivity index (χ1v) is 11.6. The average Bonchev–Trinajstić information content (AvgIpc) is 3.16. The summed E-state index contributed by atoms with van der Waals surface area (Å²) >= 11 is 0. The Balaban J connectivity index is 1.35. The average molecular weight is 454 g/mol. The minimum absolute atomic E-state index is 0.0811. The summed E-state index contributed by atoms with van der Waals surface area (Å²) in [6.07, 6.45) is 6.59. The van der Waals surface area contributed by atoms with Gasteiger partial charge in [-0.2, -0.15) is 10.4 Å². The zero-order valence-corrected chi connectivity index (χ0v) is 19.4. The van der Waals surface area contributed by atoms with Gasteiger partial charge in [-0.3, -0.25) is 9.48 Å². The van der Waals surface area contributed by atoms with E-state index in [2.05, 4.69) is 28.2 Å². The predicted molar refractivity (Wildman–Crippen MR) is 133 cm³/mol. The molecule has 0 radical (unpaired) electrons. The smallest absolute Gasteiger partial charge is 0.270 e. The van der Waals surface area contributed by atoms with E-state index in [0.29, 0.717) is 0 Å². The molecule has 0 aliphatic carbocycles. The van der Waals surface area contributed by atoms with E-state index in [1.165, 1.54) is 0 Å². The summed E-state index contributed by atoms with van der Waals surface area (Å²) in [5.74, 6) is 0.850. The minimum atomic E-state index is -0.248. The van der Waals surface area contributed by atoms with Crippen molar-refractivity contribution in [2.75, 3.05) is 18.0 Å². The number of hydrogen-bond acceptors (Lipinski definition) is 5. The largest absolute Gasteiger partial charge is 0.490 e. The molecule has 0 spiro atoms. The highest BCUT2D eigenvalue weighted by Gasteiger charge is 2.24. The first-order chi connectivity index (χ1) is 16.5. The van der Waals surface area contributed by atoms with Crippen LogP contribution in [0.25, 0.3) is 22.0 Å². The van der Waals surface area contributed by atoms with Gasteiger partial charge in [0.05, 0.1) is 17.4 Å². The van der Waals surface area contributed by atoms with Crippen LogP contribution in [0.15, 0.2) is 65.7 Å². The molecule has 0 amide bonds. The van der Waals surface area contributed by atoms with Crippen molar-refractivity contribution in [3.63, 3.8) is 0 Å². The molecule has 2 aromatic heterocycles. The van der Waals surface area contributed by atoms with Crippen molar-refractivity contribution in [2.24, 2.45) is 14.1 Å². The van der Waals surface area contributed by atoms with Crippen molar-refractivity contribution in [3.8, 4) is 22.9 Å². The number of nitrogens with zero attached hydrogens (tertiary/aromatic N) is 5. The summed E-state index contributed by atoms with van der Waals surface area (Å²) in [7, 11) is 3.63. The standard InChI is InChI=1S/C27H27N5O2/c1-30-18-20(17-29-30)19-9-11-22(12-10-19)34-21-6-5-14-32(15-13-21)26-23-7-3-4-8-25(23)31(2)27(33)24(26)16-28/h3-4,7-12,17-18,21H,5-6,13-15H2,1-2H3/t21-/m1/s1. The number of ether oxygens (including phenoxy) is 1. The highest BCUT2D eigenvalue weighted by Crippen LogP contribution is 2.31. The molecular weight excluding hydrogens is 426 g/mol. The monoisotopic (exact) mass is 453 g/mol. The number of fused-ring (bicyclic) bond motifs is 1. The molecule has 1 fully saturated rings.